The zero-order valence-corrected chi connectivity index (χ0v) is 7.57. The topological polar surface area (TPSA) is 43.0 Å². The van der Waals surface area contributed by atoms with Crippen LogP contribution in [0.2, 0.25) is 0 Å². The summed E-state index contributed by atoms with van der Waals surface area (Å²) in [6.07, 6.45) is 1.84. The quantitative estimate of drug-likeness (QED) is 0.675. The minimum Gasteiger partial charge on any atom is -0.319 e. The third-order valence-corrected chi connectivity index (χ3v) is 2.23. The molecule has 0 aliphatic rings. The molecule has 1 atom stereocenters. The SMILES string of the molecule is CNC(N)n1ccc2ccccc21. The van der Waals surface area contributed by atoms with E-state index >= 15 is 0 Å². The zero-order valence-electron chi connectivity index (χ0n) is 7.57. The molecule has 3 N–H and O–H groups in total. The second kappa shape index (κ2) is 3.20. The highest BCUT2D eigenvalue weighted by Gasteiger charge is 2.04. The molecule has 0 amide bonds. The smallest absolute Gasteiger partial charge is 0.135 e. The first kappa shape index (κ1) is 8.29. The fourth-order valence-corrected chi connectivity index (χ4v) is 1.49. The number of nitrogens with zero attached hydrogens (tertiary/aromatic N) is 1. The fourth-order valence-electron chi connectivity index (χ4n) is 1.49. The maximum absolute atomic E-state index is 5.86. The molecule has 0 radical (unpaired) electrons. The van der Waals surface area contributed by atoms with Gasteiger partial charge in [-0.25, -0.2) is 0 Å². The molecular weight excluding hydrogens is 162 g/mol. The molecule has 1 unspecified atom stereocenters. The maximum atomic E-state index is 5.86. The number of aromatic nitrogens is 1. The Labute approximate surface area is 77.2 Å². The molecule has 0 spiro atoms. The van der Waals surface area contributed by atoms with Gasteiger partial charge in [0.05, 0.1) is 5.52 Å². The van der Waals surface area contributed by atoms with Gasteiger partial charge in [0.2, 0.25) is 0 Å². The van der Waals surface area contributed by atoms with Crippen molar-refractivity contribution >= 4 is 10.9 Å². The van der Waals surface area contributed by atoms with Crippen molar-refractivity contribution in [2.24, 2.45) is 5.73 Å². The Kier molecular flexibility index (Phi) is 2.04. The molecule has 68 valence electrons. The number of hydrogen-bond donors (Lipinski definition) is 2. The van der Waals surface area contributed by atoms with Gasteiger partial charge in [0.25, 0.3) is 0 Å². The van der Waals surface area contributed by atoms with Crippen LogP contribution in [0.3, 0.4) is 0 Å². The lowest BCUT2D eigenvalue weighted by Gasteiger charge is -2.13. The van der Waals surface area contributed by atoms with Crippen molar-refractivity contribution in [3.05, 3.63) is 36.5 Å². The average molecular weight is 175 g/mol. The van der Waals surface area contributed by atoms with Crippen LogP contribution in [-0.4, -0.2) is 11.6 Å². The minimum atomic E-state index is -0.153. The lowest BCUT2D eigenvalue weighted by atomic mass is 10.2. The fraction of sp³-hybridized carbons (Fsp3) is 0.200. The number of fused-ring (bicyclic) bond motifs is 1. The standard InChI is InChI=1S/C10H13N3/c1-12-10(11)13-7-6-8-4-2-3-5-9(8)13/h2-7,10,12H,11H2,1H3. The Morgan fingerprint density at radius 3 is 2.85 bits per heavy atom. The van der Waals surface area contributed by atoms with E-state index in [0.29, 0.717) is 0 Å². The second-order valence-electron chi connectivity index (χ2n) is 3.02. The third-order valence-electron chi connectivity index (χ3n) is 2.23. The van der Waals surface area contributed by atoms with E-state index in [1.807, 2.05) is 29.9 Å². The number of nitrogens with one attached hydrogen (secondary N) is 1. The highest BCUT2D eigenvalue weighted by molar-refractivity contribution is 5.80. The summed E-state index contributed by atoms with van der Waals surface area (Å²) >= 11 is 0. The van der Waals surface area contributed by atoms with E-state index < -0.39 is 0 Å². The Bertz CT molecular complexity index is 405. The van der Waals surface area contributed by atoms with Crippen molar-refractivity contribution in [3.63, 3.8) is 0 Å². The van der Waals surface area contributed by atoms with Gasteiger partial charge < -0.3 is 4.57 Å². The van der Waals surface area contributed by atoms with Gasteiger partial charge in [-0.1, -0.05) is 18.2 Å². The summed E-state index contributed by atoms with van der Waals surface area (Å²) in [6.45, 7) is 0. The van der Waals surface area contributed by atoms with E-state index in [-0.39, 0.29) is 6.29 Å². The average Bonchev–Trinajstić information content (AvgIpc) is 2.60. The molecule has 1 aromatic heterocycles. The molecule has 0 aliphatic carbocycles. The third kappa shape index (κ3) is 1.32. The van der Waals surface area contributed by atoms with Gasteiger partial charge >= 0.3 is 0 Å². The number of benzene rings is 1. The normalized spacial score (nSPS) is 13.4. The summed E-state index contributed by atoms with van der Waals surface area (Å²) in [5.41, 5.74) is 7.01. The first-order chi connectivity index (χ1) is 6.33. The van der Waals surface area contributed by atoms with Crippen LogP contribution in [0.5, 0.6) is 0 Å². The molecule has 0 bridgehead atoms. The van der Waals surface area contributed by atoms with Crippen molar-refractivity contribution < 1.29 is 0 Å². The first-order valence-electron chi connectivity index (χ1n) is 4.31. The van der Waals surface area contributed by atoms with Gasteiger partial charge in [-0.3, -0.25) is 11.1 Å². The van der Waals surface area contributed by atoms with Crippen LogP contribution in [0.15, 0.2) is 36.5 Å². The molecule has 1 heterocycles. The van der Waals surface area contributed by atoms with E-state index in [1.54, 1.807) is 0 Å². The van der Waals surface area contributed by atoms with Crippen molar-refractivity contribution in [3.8, 4) is 0 Å². The maximum Gasteiger partial charge on any atom is 0.135 e. The predicted molar refractivity (Wildman–Crippen MR) is 54.2 cm³/mol. The molecule has 2 aromatic rings. The van der Waals surface area contributed by atoms with Gasteiger partial charge in [-0.2, -0.15) is 0 Å². The van der Waals surface area contributed by atoms with Crippen LogP contribution in [-0.2, 0) is 0 Å². The van der Waals surface area contributed by atoms with Crippen molar-refractivity contribution in [2.45, 2.75) is 6.29 Å². The Balaban J connectivity index is 2.57. The van der Waals surface area contributed by atoms with E-state index in [2.05, 4.69) is 23.5 Å². The summed E-state index contributed by atoms with van der Waals surface area (Å²) in [7, 11) is 1.85. The molecular formula is C10H13N3. The lowest BCUT2D eigenvalue weighted by molar-refractivity contribution is 0.467. The van der Waals surface area contributed by atoms with Crippen molar-refractivity contribution in [1.29, 1.82) is 0 Å². The van der Waals surface area contributed by atoms with Crippen LogP contribution < -0.4 is 11.1 Å². The van der Waals surface area contributed by atoms with E-state index in [0.717, 1.165) is 5.52 Å². The van der Waals surface area contributed by atoms with Gasteiger partial charge in [0.1, 0.15) is 6.29 Å². The summed E-state index contributed by atoms with van der Waals surface area (Å²) in [6, 6.07) is 10.2. The Hall–Kier alpha value is -1.32. The molecule has 13 heavy (non-hydrogen) atoms. The first-order valence-corrected chi connectivity index (χ1v) is 4.31. The van der Waals surface area contributed by atoms with Gasteiger partial charge in [0.15, 0.2) is 0 Å². The molecule has 0 saturated heterocycles. The van der Waals surface area contributed by atoms with E-state index in [1.165, 1.54) is 5.39 Å². The molecule has 1 aromatic carbocycles. The number of para-hydroxylation sites is 1. The molecule has 2 rings (SSSR count). The molecule has 0 saturated carbocycles. The Morgan fingerprint density at radius 2 is 2.08 bits per heavy atom. The van der Waals surface area contributed by atoms with E-state index in [4.69, 9.17) is 5.73 Å². The summed E-state index contributed by atoms with van der Waals surface area (Å²) in [5, 5.41) is 4.22. The molecule has 0 fully saturated rings. The monoisotopic (exact) mass is 175 g/mol. The van der Waals surface area contributed by atoms with Crippen molar-refractivity contribution in [1.82, 2.24) is 9.88 Å². The van der Waals surface area contributed by atoms with Crippen LogP contribution in [0.1, 0.15) is 6.29 Å². The summed E-state index contributed by atoms with van der Waals surface area (Å²) in [4.78, 5) is 0. The minimum absolute atomic E-state index is 0.153. The van der Waals surface area contributed by atoms with Crippen LogP contribution in [0.25, 0.3) is 10.9 Å². The van der Waals surface area contributed by atoms with Gasteiger partial charge in [-0.05, 0) is 24.6 Å². The van der Waals surface area contributed by atoms with Crippen LogP contribution in [0.4, 0.5) is 0 Å². The number of nitrogens with two attached hydrogens (primary N) is 1. The summed E-state index contributed by atoms with van der Waals surface area (Å²) in [5.74, 6) is 0. The second-order valence-corrected chi connectivity index (χ2v) is 3.02. The van der Waals surface area contributed by atoms with Crippen molar-refractivity contribution in [2.75, 3.05) is 7.05 Å². The predicted octanol–water partition coefficient (Wildman–Crippen LogP) is 1.28. The van der Waals surface area contributed by atoms with E-state index in [9.17, 15) is 0 Å². The highest BCUT2D eigenvalue weighted by Crippen LogP contribution is 2.16. The molecule has 3 nitrogen and oxygen atoms in total. The van der Waals surface area contributed by atoms with Gasteiger partial charge in [0, 0.05) is 6.20 Å². The zero-order chi connectivity index (χ0) is 9.26. The Morgan fingerprint density at radius 1 is 1.31 bits per heavy atom. The largest absolute Gasteiger partial charge is 0.319 e. The van der Waals surface area contributed by atoms with Crippen LogP contribution in [0, 0.1) is 0 Å². The highest BCUT2D eigenvalue weighted by atomic mass is 15.2. The lowest BCUT2D eigenvalue weighted by Crippen LogP contribution is -2.30. The number of rotatable bonds is 2. The van der Waals surface area contributed by atoms with Gasteiger partial charge in [-0.15, -0.1) is 0 Å². The van der Waals surface area contributed by atoms with Crippen LogP contribution >= 0.6 is 0 Å². The number of hydrogen-bond acceptors (Lipinski definition) is 2. The molecule has 3 heteroatoms. The summed E-state index contributed by atoms with van der Waals surface area (Å²) < 4.78 is 2.01. The molecule has 0 aliphatic heterocycles.